The van der Waals surface area contributed by atoms with Gasteiger partial charge in [0.05, 0.1) is 22.8 Å². The van der Waals surface area contributed by atoms with Gasteiger partial charge < -0.3 is 4.55 Å². The first-order valence-corrected chi connectivity index (χ1v) is 5.74. The zero-order chi connectivity index (χ0) is 11.4. The highest BCUT2D eigenvalue weighted by Gasteiger charge is 2.13. The number of hydrogen-bond acceptors (Lipinski definition) is 4. The molecule has 15 heavy (non-hydrogen) atoms. The molecular weight excluding hydrogens is 216 g/mol. The second-order valence-corrected chi connectivity index (χ2v) is 4.36. The second-order valence-electron chi connectivity index (χ2n) is 2.93. The van der Waals surface area contributed by atoms with E-state index in [4.69, 9.17) is 5.26 Å². The van der Waals surface area contributed by atoms with Gasteiger partial charge in [-0.2, -0.15) is 5.26 Å². The first-order chi connectivity index (χ1) is 7.04. The molecule has 1 unspecified atom stereocenters. The van der Waals surface area contributed by atoms with Gasteiger partial charge in [0, 0.05) is 17.7 Å². The molecular formula is C9H8N2O3S. The molecule has 0 spiro atoms. The van der Waals surface area contributed by atoms with Gasteiger partial charge in [-0.25, -0.2) is 0 Å². The molecule has 0 saturated heterocycles. The third-order valence-corrected chi connectivity index (χ3v) is 2.50. The molecule has 0 aliphatic carbocycles. The second kappa shape index (κ2) is 4.77. The Balaban J connectivity index is 3.14. The van der Waals surface area contributed by atoms with Crippen LogP contribution in [0.25, 0.3) is 0 Å². The quantitative estimate of drug-likeness (QED) is 0.440. The molecule has 1 aromatic carbocycles. The van der Waals surface area contributed by atoms with Crippen molar-refractivity contribution in [2.24, 2.45) is 0 Å². The van der Waals surface area contributed by atoms with Gasteiger partial charge in [0.2, 0.25) is 0 Å². The molecule has 0 saturated carbocycles. The van der Waals surface area contributed by atoms with Crippen LogP contribution in [0.5, 0.6) is 0 Å². The SMILES string of the molecule is C[S+]([O-])Cc1cc([N+](=O)[O-])ccc1C#N. The topological polar surface area (TPSA) is 90.0 Å². The molecule has 0 radical (unpaired) electrons. The Bertz CT molecular complexity index is 426. The zero-order valence-electron chi connectivity index (χ0n) is 7.97. The predicted molar refractivity (Wildman–Crippen MR) is 55.6 cm³/mol. The maximum atomic E-state index is 11.0. The van der Waals surface area contributed by atoms with Gasteiger partial charge in [-0.3, -0.25) is 10.1 Å². The summed E-state index contributed by atoms with van der Waals surface area (Å²) in [7, 11) is 0. The van der Waals surface area contributed by atoms with Crippen LogP contribution in [0.1, 0.15) is 11.1 Å². The molecule has 0 bridgehead atoms. The Labute approximate surface area is 89.7 Å². The standard InChI is InChI=1S/C9H8N2O3S/c1-15(14)6-8-4-9(11(12)13)3-2-7(8)5-10/h2-4H,6H2,1H3. The smallest absolute Gasteiger partial charge is 0.269 e. The van der Waals surface area contributed by atoms with E-state index in [0.29, 0.717) is 11.1 Å². The maximum absolute atomic E-state index is 11.0. The van der Waals surface area contributed by atoms with Crippen LogP contribution in [-0.4, -0.2) is 15.7 Å². The summed E-state index contributed by atoms with van der Waals surface area (Å²) >= 11 is -1.12. The molecule has 0 fully saturated rings. The first kappa shape index (κ1) is 11.5. The summed E-state index contributed by atoms with van der Waals surface area (Å²) in [5.74, 6) is 0.157. The highest BCUT2D eigenvalue weighted by molar-refractivity contribution is 7.89. The van der Waals surface area contributed by atoms with Crippen LogP contribution in [0.2, 0.25) is 0 Å². The van der Waals surface area contributed by atoms with Gasteiger partial charge in [0.15, 0.2) is 0 Å². The number of nitriles is 1. The molecule has 1 atom stereocenters. The lowest BCUT2D eigenvalue weighted by Crippen LogP contribution is -2.03. The van der Waals surface area contributed by atoms with Crippen molar-refractivity contribution >= 4 is 16.9 Å². The fourth-order valence-electron chi connectivity index (χ4n) is 1.14. The largest absolute Gasteiger partial charge is 0.616 e. The number of nitro groups is 1. The summed E-state index contributed by atoms with van der Waals surface area (Å²) in [5.41, 5.74) is 0.692. The minimum absolute atomic E-state index is 0.0885. The highest BCUT2D eigenvalue weighted by Crippen LogP contribution is 2.19. The Morgan fingerprint density at radius 3 is 2.73 bits per heavy atom. The van der Waals surface area contributed by atoms with Crippen molar-refractivity contribution in [3.63, 3.8) is 0 Å². The highest BCUT2D eigenvalue weighted by atomic mass is 32.2. The number of hydrogen-bond donors (Lipinski definition) is 0. The molecule has 5 nitrogen and oxygen atoms in total. The molecule has 1 rings (SSSR count). The molecule has 0 heterocycles. The van der Waals surface area contributed by atoms with Crippen LogP contribution in [0.4, 0.5) is 5.69 Å². The zero-order valence-corrected chi connectivity index (χ0v) is 8.78. The number of nitro benzene ring substituents is 1. The predicted octanol–water partition coefficient (Wildman–Crippen LogP) is 1.34. The summed E-state index contributed by atoms with van der Waals surface area (Å²) < 4.78 is 11.0. The van der Waals surface area contributed by atoms with E-state index < -0.39 is 16.1 Å². The monoisotopic (exact) mass is 224 g/mol. The van der Waals surface area contributed by atoms with Crippen molar-refractivity contribution in [1.82, 2.24) is 0 Å². The minimum Gasteiger partial charge on any atom is -0.616 e. The summed E-state index contributed by atoms with van der Waals surface area (Å²) in [4.78, 5) is 9.95. The van der Waals surface area contributed by atoms with Gasteiger partial charge in [0.1, 0.15) is 5.75 Å². The van der Waals surface area contributed by atoms with Crippen molar-refractivity contribution in [3.05, 3.63) is 39.4 Å². The summed E-state index contributed by atoms with van der Waals surface area (Å²) in [6.07, 6.45) is 1.49. The molecule has 0 N–H and O–H groups in total. The number of non-ortho nitro benzene ring substituents is 1. The molecule has 6 heteroatoms. The van der Waals surface area contributed by atoms with Crippen molar-refractivity contribution in [2.75, 3.05) is 6.26 Å². The average molecular weight is 224 g/mol. The molecule has 0 aliphatic heterocycles. The fourth-order valence-corrected chi connectivity index (χ4v) is 1.82. The van der Waals surface area contributed by atoms with Crippen molar-refractivity contribution in [2.45, 2.75) is 5.75 Å². The summed E-state index contributed by atoms with van der Waals surface area (Å²) in [6.45, 7) is 0. The Hall–Kier alpha value is -1.58. The van der Waals surface area contributed by atoms with Crippen molar-refractivity contribution in [3.8, 4) is 6.07 Å². The number of rotatable bonds is 3. The van der Waals surface area contributed by atoms with Crippen LogP contribution >= 0.6 is 0 Å². The van der Waals surface area contributed by atoms with Crippen molar-refractivity contribution < 1.29 is 9.48 Å². The molecule has 0 amide bonds. The molecule has 0 aliphatic rings. The summed E-state index contributed by atoms with van der Waals surface area (Å²) in [6, 6.07) is 5.84. The molecule has 1 aromatic rings. The lowest BCUT2D eigenvalue weighted by molar-refractivity contribution is -0.384. The third kappa shape index (κ3) is 2.94. The Morgan fingerprint density at radius 1 is 1.60 bits per heavy atom. The lowest BCUT2D eigenvalue weighted by atomic mass is 10.1. The van der Waals surface area contributed by atoms with E-state index >= 15 is 0 Å². The van der Waals surface area contributed by atoms with E-state index in [-0.39, 0.29) is 11.4 Å². The van der Waals surface area contributed by atoms with Crippen LogP contribution in [0.3, 0.4) is 0 Å². The fraction of sp³-hybridized carbons (Fsp3) is 0.222. The lowest BCUT2D eigenvalue weighted by Gasteiger charge is -2.05. The van der Waals surface area contributed by atoms with Crippen molar-refractivity contribution in [1.29, 1.82) is 5.26 Å². The number of benzene rings is 1. The van der Waals surface area contributed by atoms with Gasteiger partial charge in [-0.15, -0.1) is 0 Å². The van der Waals surface area contributed by atoms with E-state index in [1.807, 2.05) is 6.07 Å². The van der Waals surface area contributed by atoms with E-state index in [0.717, 1.165) is 0 Å². The molecule has 0 aromatic heterocycles. The number of nitrogens with zero attached hydrogens (tertiary/aromatic N) is 2. The van der Waals surface area contributed by atoms with Gasteiger partial charge >= 0.3 is 0 Å². The molecule has 78 valence electrons. The summed E-state index contributed by atoms with van der Waals surface area (Å²) in [5, 5.41) is 19.2. The van der Waals surface area contributed by atoms with Crippen LogP contribution in [-0.2, 0) is 16.9 Å². The van der Waals surface area contributed by atoms with Crippen LogP contribution in [0.15, 0.2) is 18.2 Å². The maximum Gasteiger partial charge on any atom is 0.269 e. The van der Waals surface area contributed by atoms with Gasteiger partial charge in [-0.1, -0.05) is 11.2 Å². The van der Waals surface area contributed by atoms with Crippen LogP contribution in [0, 0.1) is 21.4 Å². The Kier molecular flexibility index (Phi) is 3.66. The average Bonchev–Trinajstić information content (AvgIpc) is 2.16. The van der Waals surface area contributed by atoms with Gasteiger partial charge in [-0.05, 0) is 6.07 Å². The van der Waals surface area contributed by atoms with E-state index in [1.54, 1.807) is 0 Å². The van der Waals surface area contributed by atoms with E-state index in [2.05, 4.69) is 0 Å². The van der Waals surface area contributed by atoms with E-state index in [9.17, 15) is 14.7 Å². The third-order valence-electron chi connectivity index (χ3n) is 1.78. The Morgan fingerprint density at radius 2 is 2.27 bits per heavy atom. The normalized spacial score (nSPS) is 11.8. The van der Waals surface area contributed by atoms with E-state index in [1.165, 1.54) is 24.5 Å². The minimum atomic E-state index is -1.12. The first-order valence-electron chi connectivity index (χ1n) is 4.02. The van der Waals surface area contributed by atoms with Crippen LogP contribution < -0.4 is 0 Å². The van der Waals surface area contributed by atoms with Gasteiger partial charge in [0.25, 0.3) is 5.69 Å².